The second-order valence-corrected chi connectivity index (χ2v) is 5.33. The molecule has 1 aromatic heterocycles. The summed E-state index contributed by atoms with van der Waals surface area (Å²) in [6.45, 7) is 6.60. The van der Waals surface area contributed by atoms with E-state index >= 15 is 0 Å². The number of rotatable bonds is 3. The Bertz CT molecular complexity index is 558. The minimum atomic E-state index is 0.800. The number of hydrogen-bond acceptors (Lipinski definition) is 3. The van der Waals surface area contributed by atoms with E-state index in [4.69, 9.17) is 7.85 Å². The molecule has 5 heteroatoms. The van der Waals surface area contributed by atoms with Crippen LogP contribution in [-0.4, -0.2) is 67.2 Å². The summed E-state index contributed by atoms with van der Waals surface area (Å²) in [6, 6.07) is 5.96. The van der Waals surface area contributed by atoms with Gasteiger partial charge in [-0.1, -0.05) is 17.6 Å². The summed E-state index contributed by atoms with van der Waals surface area (Å²) in [5, 5.41) is 5.62. The third-order valence-corrected chi connectivity index (χ3v) is 3.89. The first-order chi connectivity index (χ1) is 9.22. The summed E-state index contributed by atoms with van der Waals surface area (Å²) in [5.74, 6) is 0. The fraction of sp³-hybridized carbons (Fsp3) is 0.500. The van der Waals surface area contributed by atoms with Gasteiger partial charge in [0, 0.05) is 38.1 Å². The van der Waals surface area contributed by atoms with Crippen LogP contribution in [0.4, 0.5) is 0 Å². The minimum absolute atomic E-state index is 0.800. The fourth-order valence-electron chi connectivity index (χ4n) is 2.57. The Kier molecular flexibility index (Phi) is 3.57. The van der Waals surface area contributed by atoms with E-state index in [-0.39, 0.29) is 0 Å². The van der Waals surface area contributed by atoms with Crippen molar-refractivity contribution in [1.29, 1.82) is 0 Å². The average Bonchev–Trinajstić information content (AvgIpc) is 2.80. The third-order valence-electron chi connectivity index (χ3n) is 3.89. The van der Waals surface area contributed by atoms with Crippen molar-refractivity contribution in [2.75, 3.05) is 39.8 Å². The predicted molar refractivity (Wildman–Crippen MR) is 79.1 cm³/mol. The van der Waals surface area contributed by atoms with Crippen LogP contribution >= 0.6 is 0 Å². The van der Waals surface area contributed by atoms with Gasteiger partial charge in [0.05, 0.1) is 18.3 Å². The largest absolute Gasteiger partial charge is 0.304 e. The van der Waals surface area contributed by atoms with Crippen molar-refractivity contribution < 1.29 is 0 Å². The summed E-state index contributed by atoms with van der Waals surface area (Å²) in [4.78, 5) is 4.88. The number of piperazine rings is 1. The van der Waals surface area contributed by atoms with Crippen molar-refractivity contribution in [2.45, 2.75) is 6.54 Å². The van der Waals surface area contributed by atoms with E-state index in [1.807, 2.05) is 24.4 Å². The van der Waals surface area contributed by atoms with Gasteiger partial charge in [-0.3, -0.25) is 9.58 Å². The van der Waals surface area contributed by atoms with E-state index < -0.39 is 0 Å². The topological polar surface area (TPSA) is 24.3 Å². The molecule has 0 spiro atoms. The maximum atomic E-state index is 5.85. The van der Waals surface area contributed by atoms with Gasteiger partial charge < -0.3 is 4.90 Å². The van der Waals surface area contributed by atoms with Crippen LogP contribution in [0, 0.1) is 0 Å². The Balaban J connectivity index is 1.67. The highest BCUT2D eigenvalue weighted by Crippen LogP contribution is 2.11. The van der Waals surface area contributed by atoms with Gasteiger partial charge in [-0.25, -0.2) is 0 Å². The van der Waals surface area contributed by atoms with Crippen LogP contribution in [0.25, 0.3) is 10.9 Å². The number of fused-ring (bicyclic) bond motifs is 1. The monoisotopic (exact) mass is 254 g/mol. The van der Waals surface area contributed by atoms with Gasteiger partial charge >= 0.3 is 0 Å². The molecule has 0 N–H and O–H groups in total. The zero-order chi connectivity index (χ0) is 13.2. The van der Waals surface area contributed by atoms with Crippen molar-refractivity contribution in [2.24, 2.45) is 0 Å². The van der Waals surface area contributed by atoms with Crippen LogP contribution in [0.15, 0.2) is 24.4 Å². The van der Waals surface area contributed by atoms with Gasteiger partial charge in [-0.2, -0.15) is 5.10 Å². The smallest absolute Gasteiger partial charge is 0.113 e. The molecule has 0 aliphatic carbocycles. The molecule has 0 amide bonds. The number of benzene rings is 1. The molecule has 3 rings (SSSR count). The molecule has 1 aliphatic heterocycles. The molecule has 1 aliphatic rings. The van der Waals surface area contributed by atoms with Crippen molar-refractivity contribution in [3.63, 3.8) is 0 Å². The van der Waals surface area contributed by atoms with Gasteiger partial charge in [-0.15, -0.1) is 0 Å². The van der Waals surface area contributed by atoms with Gasteiger partial charge in [-0.05, 0) is 13.1 Å². The Morgan fingerprint density at radius 2 is 1.95 bits per heavy atom. The van der Waals surface area contributed by atoms with Crippen molar-refractivity contribution in [1.82, 2.24) is 19.6 Å². The number of nitrogens with zero attached hydrogens (tertiary/aromatic N) is 4. The summed E-state index contributed by atoms with van der Waals surface area (Å²) in [5.41, 5.74) is 1.93. The van der Waals surface area contributed by atoms with E-state index in [1.165, 1.54) is 0 Å². The first-order valence-electron chi connectivity index (χ1n) is 6.84. The zero-order valence-corrected chi connectivity index (χ0v) is 11.4. The van der Waals surface area contributed by atoms with E-state index in [0.717, 1.165) is 55.6 Å². The molecule has 1 fully saturated rings. The molecule has 19 heavy (non-hydrogen) atoms. The average molecular weight is 254 g/mol. The van der Waals surface area contributed by atoms with Crippen LogP contribution in [0.2, 0.25) is 0 Å². The second-order valence-electron chi connectivity index (χ2n) is 5.33. The maximum absolute atomic E-state index is 5.85. The SMILES string of the molecule is [B]c1ccc2cnn(CCN3CCN(C)CC3)c2c1. The third kappa shape index (κ3) is 2.82. The lowest BCUT2D eigenvalue weighted by molar-refractivity contribution is 0.149. The lowest BCUT2D eigenvalue weighted by Gasteiger charge is -2.32. The summed E-state index contributed by atoms with van der Waals surface area (Å²) < 4.78 is 2.06. The molecule has 98 valence electrons. The molecule has 0 bridgehead atoms. The summed E-state index contributed by atoms with van der Waals surface area (Å²) >= 11 is 0. The highest BCUT2D eigenvalue weighted by atomic mass is 15.3. The van der Waals surface area contributed by atoms with E-state index in [9.17, 15) is 0 Å². The van der Waals surface area contributed by atoms with Crippen LogP contribution in [0.5, 0.6) is 0 Å². The summed E-state index contributed by atoms with van der Waals surface area (Å²) in [7, 11) is 8.03. The molecular weight excluding hydrogens is 235 g/mol. The zero-order valence-electron chi connectivity index (χ0n) is 11.4. The number of likely N-dealkylation sites (N-methyl/N-ethyl adjacent to an activating group) is 1. The highest BCUT2D eigenvalue weighted by molar-refractivity contribution is 6.33. The molecule has 2 aromatic rings. The lowest BCUT2D eigenvalue weighted by Crippen LogP contribution is -2.45. The Labute approximate surface area is 115 Å². The first kappa shape index (κ1) is 12.7. The van der Waals surface area contributed by atoms with E-state index in [2.05, 4.69) is 26.6 Å². The first-order valence-corrected chi connectivity index (χ1v) is 6.84. The van der Waals surface area contributed by atoms with Crippen molar-refractivity contribution >= 4 is 24.2 Å². The van der Waals surface area contributed by atoms with E-state index in [1.54, 1.807) is 0 Å². The van der Waals surface area contributed by atoms with Crippen molar-refractivity contribution in [3.05, 3.63) is 24.4 Å². The van der Waals surface area contributed by atoms with Crippen LogP contribution < -0.4 is 5.46 Å². The molecule has 0 saturated carbocycles. The molecule has 0 atom stereocenters. The number of aromatic nitrogens is 2. The van der Waals surface area contributed by atoms with Crippen LogP contribution in [0.3, 0.4) is 0 Å². The lowest BCUT2D eigenvalue weighted by atomic mass is 9.95. The normalized spacial score (nSPS) is 18.2. The molecule has 1 saturated heterocycles. The second kappa shape index (κ2) is 5.35. The van der Waals surface area contributed by atoms with Crippen LogP contribution in [0.1, 0.15) is 0 Å². The Morgan fingerprint density at radius 3 is 2.74 bits per heavy atom. The minimum Gasteiger partial charge on any atom is -0.304 e. The number of hydrogen-bond donors (Lipinski definition) is 0. The standard InChI is InChI=1S/C14H19BN4/c1-17-4-6-18(7-5-17)8-9-19-14-10-13(15)3-2-12(14)11-16-19/h2-3,10-11H,4-9H2,1H3. The Morgan fingerprint density at radius 1 is 1.16 bits per heavy atom. The van der Waals surface area contributed by atoms with Gasteiger partial charge in [0.1, 0.15) is 7.85 Å². The fourth-order valence-corrected chi connectivity index (χ4v) is 2.57. The molecular formula is C14H19BN4. The molecule has 4 nitrogen and oxygen atoms in total. The highest BCUT2D eigenvalue weighted by Gasteiger charge is 2.13. The molecule has 0 unspecified atom stereocenters. The van der Waals surface area contributed by atoms with E-state index in [0.29, 0.717) is 0 Å². The molecule has 1 aromatic carbocycles. The van der Waals surface area contributed by atoms with Gasteiger partial charge in [0.15, 0.2) is 0 Å². The maximum Gasteiger partial charge on any atom is 0.113 e. The Hall–Kier alpha value is -1.33. The van der Waals surface area contributed by atoms with Crippen molar-refractivity contribution in [3.8, 4) is 0 Å². The van der Waals surface area contributed by atoms with Gasteiger partial charge in [0.25, 0.3) is 0 Å². The molecule has 2 heterocycles. The quantitative estimate of drug-likeness (QED) is 0.725. The predicted octanol–water partition coefficient (Wildman–Crippen LogP) is 0.0775. The summed E-state index contributed by atoms with van der Waals surface area (Å²) in [6.07, 6.45) is 1.92. The van der Waals surface area contributed by atoms with Crippen LogP contribution in [-0.2, 0) is 6.54 Å². The van der Waals surface area contributed by atoms with Gasteiger partial charge in [0.2, 0.25) is 0 Å². The molecule has 2 radical (unpaired) electrons.